The van der Waals surface area contributed by atoms with Gasteiger partial charge in [-0.15, -0.1) is 0 Å². The van der Waals surface area contributed by atoms with Crippen molar-refractivity contribution < 1.29 is 28.6 Å². The van der Waals surface area contributed by atoms with Gasteiger partial charge >= 0.3 is 17.9 Å². The summed E-state index contributed by atoms with van der Waals surface area (Å²) in [6, 6.07) is 0. The van der Waals surface area contributed by atoms with Crippen LogP contribution in [0, 0.1) is 0 Å². The number of carbonyl (C=O) groups is 3. The molecule has 1 unspecified atom stereocenters. The van der Waals surface area contributed by atoms with Gasteiger partial charge in [-0.1, -0.05) is 321 Å². The van der Waals surface area contributed by atoms with Gasteiger partial charge in [0.1, 0.15) is 13.2 Å². The van der Waals surface area contributed by atoms with Gasteiger partial charge in [0.15, 0.2) is 6.10 Å². The Kier molecular flexibility index (Phi) is 63.6. The number of allylic oxidation sites excluding steroid dienone is 4. The summed E-state index contributed by atoms with van der Waals surface area (Å²) in [6.45, 7) is 6.71. The van der Waals surface area contributed by atoms with Crippen LogP contribution < -0.4 is 0 Å². The number of ether oxygens (including phenoxy) is 3. The van der Waals surface area contributed by atoms with E-state index >= 15 is 0 Å². The normalized spacial score (nSPS) is 12.1. The van der Waals surface area contributed by atoms with Gasteiger partial charge in [0.05, 0.1) is 0 Å². The lowest BCUT2D eigenvalue weighted by Gasteiger charge is -2.18. The summed E-state index contributed by atoms with van der Waals surface area (Å²) in [5.74, 6) is -0.842. The summed E-state index contributed by atoms with van der Waals surface area (Å²) in [6.07, 6.45) is 79.1. The first-order valence-corrected chi connectivity index (χ1v) is 34.3. The minimum Gasteiger partial charge on any atom is -0.462 e. The molecule has 0 aromatic carbocycles. The standard InChI is InChI=1S/C70H132O6/c1-4-7-10-13-16-19-22-25-28-31-33-34-35-36-37-40-42-45-48-51-54-57-60-63-69(72)75-66-67(65-74-68(71)62-59-56-53-50-47-44-41-38-30-27-24-21-18-15-12-9-6-3)76-70(73)64-61-58-55-52-49-46-43-39-32-29-26-23-20-17-14-11-8-5-2/h29,31-33,67H,4-28,30,34-66H2,1-3H3/b32-29-,33-31-. The molecule has 0 saturated heterocycles. The van der Waals surface area contributed by atoms with Crippen LogP contribution in [0.1, 0.15) is 387 Å². The van der Waals surface area contributed by atoms with Crippen molar-refractivity contribution in [3.05, 3.63) is 24.3 Å². The molecule has 0 aliphatic rings. The van der Waals surface area contributed by atoms with E-state index in [2.05, 4.69) is 45.1 Å². The summed E-state index contributed by atoms with van der Waals surface area (Å²) in [4.78, 5) is 38.4. The van der Waals surface area contributed by atoms with Crippen molar-refractivity contribution in [1.82, 2.24) is 0 Å². The van der Waals surface area contributed by atoms with Crippen molar-refractivity contribution in [3.8, 4) is 0 Å². The van der Waals surface area contributed by atoms with Crippen LogP contribution in [0.5, 0.6) is 0 Å². The van der Waals surface area contributed by atoms with Gasteiger partial charge in [0.25, 0.3) is 0 Å². The lowest BCUT2D eigenvalue weighted by molar-refractivity contribution is -0.167. The second kappa shape index (κ2) is 65.4. The summed E-state index contributed by atoms with van der Waals surface area (Å²) >= 11 is 0. The predicted octanol–water partition coefficient (Wildman–Crippen LogP) is 23.4. The number of unbranched alkanes of at least 4 members (excludes halogenated alkanes) is 49. The molecule has 0 heterocycles. The molecule has 6 nitrogen and oxygen atoms in total. The third-order valence-electron chi connectivity index (χ3n) is 15.7. The van der Waals surface area contributed by atoms with Crippen LogP contribution in [-0.4, -0.2) is 37.2 Å². The molecule has 0 N–H and O–H groups in total. The second-order valence-corrected chi connectivity index (χ2v) is 23.4. The quantitative estimate of drug-likeness (QED) is 0.0261. The van der Waals surface area contributed by atoms with Gasteiger partial charge in [0, 0.05) is 19.3 Å². The summed E-state index contributed by atoms with van der Waals surface area (Å²) in [7, 11) is 0. The first kappa shape index (κ1) is 73.9. The highest BCUT2D eigenvalue weighted by molar-refractivity contribution is 5.71. The topological polar surface area (TPSA) is 78.9 Å². The Labute approximate surface area is 474 Å². The van der Waals surface area contributed by atoms with Crippen LogP contribution in [0.4, 0.5) is 0 Å². The largest absolute Gasteiger partial charge is 0.462 e. The zero-order chi connectivity index (χ0) is 55.0. The molecule has 0 aliphatic carbocycles. The van der Waals surface area contributed by atoms with Gasteiger partial charge in [0.2, 0.25) is 0 Å². The van der Waals surface area contributed by atoms with Crippen LogP contribution in [0.2, 0.25) is 0 Å². The molecule has 0 saturated carbocycles. The molecular formula is C70H132O6. The van der Waals surface area contributed by atoms with Crippen molar-refractivity contribution in [2.24, 2.45) is 0 Å². The summed E-state index contributed by atoms with van der Waals surface area (Å²) in [5, 5.41) is 0. The Morgan fingerprint density at radius 3 is 0.658 bits per heavy atom. The third-order valence-corrected chi connectivity index (χ3v) is 15.7. The van der Waals surface area contributed by atoms with Crippen molar-refractivity contribution in [1.29, 1.82) is 0 Å². The van der Waals surface area contributed by atoms with E-state index in [4.69, 9.17) is 14.2 Å². The minimum absolute atomic E-state index is 0.0676. The molecule has 0 rings (SSSR count). The smallest absolute Gasteiger partial charge is 0.306 e. The first-order chi connectivity index (χ1) is 37.5. The van der Waals surface area contributed by atoms with Crippen molar-refractivity contribution in [3.63, 3.8) is 0 Å². The highest BCUT2D eigenvalue weighted by atomic mass is 16.6. The maximum Gasteiger partial charge on any atom is 0.306 e. The van der Waals surface area contributed by atoms with Crippen molar-refractivity contribution in [2.45, 2.75) is 393 Å². The van der Waals surface area contributed by atoms with Gasteiger partial charge in [-0.3, -0.25) is 14.4 Å². The predicted molar refractivity (Wildman–Crippen MR) is 330 cm³/mol. The van der Waals surface area contributed by atoms with Crippen LogP contribution in [0.3, 0.4) is 0 Å². The fraction of sp³-hybridized carbons (Fsp3) is 0.900. The second-order valence-electron chi connectivity index (χ2n) is 23.4. The van der Waals surface area contributed by atoms with E-state index in [1.54, 1.807) is 0 Å². The van der Waals surface area contributed by atoms with Crippen LogP contribution in [-0.2, 0) is 28.6 Å². The van der Waals surface area contributed by atoms with Gasteiger partial charge in [-0.25, -0.2) is 0 Å². The maximum absolute atomic E-state index is 12.9. The monoisotopic (exact) mass is 1070 g/mol. The molecular weight excluding hydrogens is 937 g/mol. The first-order valence-electron chi connectivity index (χ1n) is 34.3. The molecule has 0 fully saturated rings. The van der Waals surface area contributed by atoms with E-state index in [0.717, 1.165) is 57.8 Å². The Balaban J connectivity index is 4.29. The van der Waals surface area contributed by atoms with Crippen LogP contribution in [0.25, 0.3) is 0 Å². The highest BCUT2D eigenvalue weighted by Gasteiger charge is 2.19. The van der Waals surface area contributed by atoms with Crippen LogP contribution >= 0.6 is 0 Å². The zero-order valence-electron chi connectivity index (χ0n) is 51.6. The summed E-state index contributed by atoms with van der Waals surface area (Å²) in [5.41, 5.74) is 0. The zero-order valence-corrected chi connectivity index (χ0v) is 51.6. The van der Waals surface area contributed by atoms with Crippen molar-refractivity contribution in [2.75, 3.05) is 13.2 Å². The minimum atomic E-state index is -0.772. The molecule has 0 aromatic rings. The van der Waals surface area contributed by atoms with Gasteiger partial charge < -0.3 is 14.2 Å². The molecule has 1 atom stereocenters. The van der Waals surface area contributed by atoms with E-state index < -0.39 is 6.10 Å². The molecule has 0 aliphatic heterocycles. The van der Waals surface area contributed by atoms with E-state index in [9.17, 15) is 14.4 Å². The van der Waals surface area contributed by atoms with Gasteiger partial charge in [-0.2, -0.15) is 0 Å². The maximum atomic E-state index is 12.9. The van der Waals surface area contributed by atoms with E-state index in [1.165, 1.54) is 289 Å². The molecule has 448 valence electrons. The Hall–Kier alpha value is -2.11. The highest BCUT2D eigenvalue weighted by Crippen LogP contribution is 2.18. The number of hydrogen-bond acceptors (Lipinski definition) is 6. The fourth-order valence-corrected chi connectivity index (χ4v) is 10.5. The molecule has 0 bridgehead atoms. The van der Waals surface area contributed by atoms with Gasteiger partial charge in [-0.05, 0) is 70.6 Å². The van der Waals surface area contributed by atoms with Crippen LogP contribution in [0.15, 0.2) is 24.3 Å². The number of esters is 3. The number of carbonyl (C=O) groups excluding carboxylic acids is 3. The Morgan fingerprint density at radius 1 is 0.250 bits per heavy atom. The van der Waals surface area contributed by atoms with E-state index in [0.29, 0.717) is 19.3 Å². The average Bonchev–Trinajstić information content (AvgIpc) is 3.42. The Bertz CT molecular complexity index is 1230. The summed E-state index contributed by atoms with van der Waals surface area (Å²) < 4.78 is 17.0. The average molecular weight is 1070 g/mol. The number of rotatable bonds is 64. The fourth-order valence-electron chi connectivity index (χ4n) is 10.5. The molecule has 0 aromatic heterocycles. The molecule has 6 heteroatoms. The molecule has 0 amide bonds. The molecule has 0 radical (unpaired) electrons. The third kappa shape index (κ3) is 62.7. The Morgan fingerprint density at radius 2 is 0.434 bits per heavy atom. The lowest BCUT2D eigenvalue weighted by atomic mass is 10.0. The van der Waals surface area contributed by atoms with E-state index in [-0.39, 0.29) is 31.1 Å². The molecule has 0 spiro atoms. The lowest BCUT2D eigenvalue weighted by Crippen LogP contribution is -2.30. The number of hydrogen-bond donors (Lipinski definition) is 0. The molecule has 76 heavy (non-hydrogen) atoms. The van der Waals surface area contributed by atoms with Crippen molar-refractivity contribution >= 4 is 17.9 Å². The SMILES string of the molecule is CCCCCCCCC/C=C\CCCCCCCCCC(=O)OC(COC(=O)CCCCCCCCCCCCC/C=C\CCCCCCCCCC)COC(=O)CCCCCCCCCCCCCCCCCCC. The van der Waals surface area contributed by atoms with E-state index in [1.807, 2.05) is 0 Å².